The Labute approximate surface area is 782 Å². The average Bonchev–Trinajstić information content (AvgIpc) is 1.60. The van der Waals surface area contributed by atoms with Gasteiger partial charge in [0.15, 0.2) is 0 Å². The highest BCUT2D eigenvalue weighted by molar-refractivity contribution is 7.22. The SMILES string of the molecule is Cc1ccc2c(N)c(C(=O)N[C@H]3CCc4nc(N5C[C@@H](N)[C@H](C(F)(F)F)C5)ccc4C3)sc2n1.Cc1ccc2c(N)c(C(=O)N[C@H]3CCc4nc(N5C[C@H](N)[C@@H](C(F)(F)F)C5)ccc4C3)sc2n1.Cc1cnc2c(N)c(C(=O)N[C@H]3CCc4nc(N5C[C@@H](N)C6(COC6)C5)ccc4C3)sc2n1.Cc1cnc2c(N)c(C(=O)N[C@H]3CCc4nc(N5C[C@H](N)C6(COC6)C5)ccc4C3)sc2n1. The standard InChI is InChI=1S/2C23H25F3N6OS.2C23H27N7O2S/c2*1-11-2-5-14-19(28)20(34-22(14)29-11)21(33)30-13-4-6-17-12(8-13)3-7-18(31-17)32-9-15(16(27)10-32)23(24,25)26;2*1-12-7-26-19-18(25)20(33-22(19)27-12)21(31)28-14-3-4-15-13(6-14)2-5-17(29-15)30-8-16(24)23(9-30)10-32-11-23/h2*2-3,5,7,13,15-16H,4,6,8-10,27-28H2,1H3,(H,30,33);2*2,5,7,14,16H,3-4,6,8-11,24-25H2,1H3,(H,28,31)/t13-,15+,16+;13-,15-,16-;14-,16+;14-,16-/m0000/s1. The number of nitrogens with two attached hydrogens (primary N) is 8. The molecule has 6 fully saturated rings. The van der Waals surface area contributed by atoms with Crippen molar-refractivity contribution in [3.8, 4) is 0 Å². The number of aryl methyl sites for hydroxylation is 8. The molecule has 0 radical (unpaired) electrons. The van der Waals surface area contributed by atoms with Crippen molar-refractivity contribution in [1.82, 2.24) is 71.1 Å². The smallest absolute Gasteiger partial charge is 0.395 e. The molecule has 0 bridgehead atoms. The zero-order valence-electron chi connectivity index (χ0n) is 74.1. The van der Waals surface area contributed by atoms with Crippen molar-refractivity contribution in [2.75, 3.05) is 121 Å². The summed E-state index contributed by atoms with van der Waals surface area (Å²) < 4.78 is 89.9. The predicted octanol–water partition coefficient (Wildman–Crippen LogP) is 9.25. The van der Waals surface area contributed by atoms with E-state index < -0.39 is 36.3 Å². The number of fused-ring (bicyclic) bond motifs is 8. The van der Waals surface area contributed by atoms with Gasteiger partial charge in [0, 0.05) is 158 Å². The number of aromatic nitrogens is 10. The lowest BCUT2D eigenvalue weighted by Gasteiger charge is -2.40. The fourth-order valence-corrected chi connectivity index (χ4v) is 23.9. The third kappa shape index (κ3) is 18.3. The number of anilines is 8. The number of rotatable bonds is 12. The highest BCUT2D eigenvalue weighted by atomic mass is 32.1. The van der Waals surface area contributed by atoms with Crippen LogP contribution in [0.5, 0.6) is 0 Å². The Morgan fingerprint density at radius 2 is 0.679 bits per heavy atom. The second-order valence-electron chi connectivity index (χ2n) is 37.2. The lowest BCUT2D eigenvalue weighted by Crippen LogP contribution is -2.54. The molecule has 12 aromatic rings. The molecule has 18 heterocycles. The zero-order valence-corrected chi connectivity index (χ0v) is 77.3. The summed E-state index contributed by atoms with van der Waals surface area (Å²) in [4.78, 5) is 110. The summed E-state index contributed by atoms with van der Waals surface area (Å²) in [5.41, 5.74) is 63.8. The Morgan fingerprint density at radius 1 is 0.381 bits per heavy atom. The molecule has 0 aromatic carbocycles. The van der Waals surface area contributed by atoms with Crippen LogP contribution in [0, 0.1) is 50.4 Å². The molecular weight excluding hydrogens is 1810 g/mol. The van der Waals surface area contributed by atoms with Crippen LogP contribution >= 0.6 is 45.3 Å². The number of hydrogen-bond acceptors (Lipinski definition) is 32. The summed E-state index contributed by atoms with van der Waals surface area (Å²) in [5.74, 6) is -0.850. The van der Waals surface area contributed by atoms with Crippen LogP contribution in [0.3, 0.4) is 0 Å². The van der Waals surface area contributed by atoms with Gasteiger partial charge in [-0.15, -0.1) is 45.3 Å². The van der Waals surface area contributed by atoms with Crippen LogP contribution in [-0.4, -0.2) is 213 Å². The van der Waals surface area contributed by atoms with Crippen LogP contribution in [0.15, 0.2) is 85.2 Å². The molecule has 22 rings (SSSR count). The van der Waals surface area contributed by atoms with Crippen LogP contribution in [0.25, 0.3) is 41.1 Å². The van der Waals surface area contributed by atoms with Gasteiger partial charge in [-0.05, 0) is 176 Å². The number of halogens is 6. The summed E-state index contributed by atoms with van der Waals surface area (Å²) in [6.07, 6.45) is 3.35. The molecule has 2 spiro atoms. The number of alkyl halides is 6. The number of ether oxygens (including phenoxy) is 2. The van der Waals surface area contributed by atoms with Crippen molar-refractivity contribution in [3.05, 3.63) is 173 Å². The molecule has 134 heavy (non-hydrogen) atoms. The molecule has 20 N–H and O–H groups in total. The maximum absolute atomic E-state index is 13.2. The van der Waals surface area contributed by atoms with Crippen molar-refractivity contribution in [2.45, 2.75) is 165 Å². The Hall–Kier alpha value is -11.5. The summed E-state index contributed by atoms with van der Waals surface area (Å²) in [6.45, 7) is 13.8. The summed E-state index contributed by atoms with van der Waals surface area (Å²) in [6, 6.07) is 21.5. The Morgan fingerprint density at radius 3 is 0.970 bits per heavy atom. The first-order valence-corrected chi connectivity index (χ1v) is 48.1. The molecule has 10 aliphatic rings. The van der Waals surface area contributed by atoms with Crippen LogP contribution in [-0.2, 0) is 60.8 Å². The van der Waals surface area contributed by atoms with Gasteiger partial charge in [0.05, 0.1) is 83.2 Å². The summed E-state index contributed by atoms with van der Waals surface area (Å²) in [5, 5.41) is 14.0. The van der Waals surface area contributed by atoms with E-state index in [1.165, 1.54) is 56.5 Å². The van der Waals surface area contributed by atoms with Gasteiger partial charge in [-0.1, -0.05) is 24.3 Å². The van der Waals surface area contributed by atoms with Gasteiger partial charge < -0.3 is 96.2 Å². The molecular formula is C92H104F6N26O6S4. The van der Waals surface area contributed by atoms with Gasteiger partial charge in [-0.3, -0.25) is 19.2 Å². The van der Waals surface area contributed by atoms with Gasteiger partial charge in [0.1, 0.15) is 73.1 Å². The van der Waals surface area contributed by atoms with Gasteiger partial charge in [0.25, 0.3) is 23.6 Å². The summed E-state index contributed by atoms with van der Waals surface area (Å²) >= 11 is 5.15. The highest BCUT2D eigenvalue weighted by Gasteiger charge is 2.54. The first-order chi connectivity index (χ1) is 64.0. The molecule has 704 valence electrons. The molecule has 32 nitrogen and oxygen atoms in total. The molecule has 10 atom stereocenters. The molecule has 0 unspecified atom stereocenters. The molecule has 6 aliphatic heterocycles. The Bertz CT molecular complexity index is 6200. The van der Waals surface area contributed by atoms with E-state index in [0.29, 0.717) is 113 Å². The van der Waals surface area contributed by atoms with E-state index in [0.717, 1.165) is 180 Å². The lowest BCUT2D eigenvalue weighted by molar-refractivity contribution is -0.172. The molecule has 4 aliphatic carbocycles. The number of amides is 4. The first kappa shape index (κ1) is 91.6. The quantitative estimate of drug-likeness (QED) is 0.0507. The second-order valence-corrected chi connectivity index (χ2v) is 41.2. The predicted molar refractivity (Wildman–Crippen MR) is 507 cm³/mol. The normalized spacial score (nSPS) is 23.1. The summed E-state index contributed by atoms with van der Waals surface area (Å²) in [7, 11) is 0. The van der Waals surface area contributed by atoms with Crippen molar-refractivity contribution < 1.29 is 55.0 Å². The fraction of sp³-hybridized carbons (Fsp3) is 0.457. The number of nitrogens with zero attached hydrogens (tertiary/aromatic N) is 14. The average molecular weight is 1910 g/mol. The van der Waals surface area contributed by atoms with Crippen LogP contribution in [0.2, 0.25) is 0 Å². The fourth-order valence-electron chi connectivity index (χ4n) is 19.8. The zero-order chi connectivity index (χ0) is 93.9. The molecule has 6 saturated heterocycles. The number of carbonyl (C=O) groups excluding carboxylic acids is 4. The minimum atomic E-state index is -4.32. The minimum Gasteiger partial charge on any atom is -0.397 e. The van der Waals surface area contributed by atoms with Crippen molar-refractivity contribution in [1.29, 1.82) is 0 Å². The first-order valence-electron chi connectivity index (χ1n) is 44.9. The Balaban J connectivity index is 0.000000115. The van der Waals surface area contributed by atoms with Crippen molar-refractivity contribution in [2.24, 2.45) is 45.6 Å². The highest BCUT2D eigenvalue weighted by Crippen LogP contribution is 2.45. The molecule has 4 amide bonds. The van der Waals surface area contributed by atoms with Crippen molar-refractivity contribution in [3.63, 3.8) is 0 Å². The number of carbonyl (C=O) groups is 4. The topological polar surface area (TPSA) is 485 Å². The van der Waals surface area contributed by atoms with Crippen molar-refractivity contribution >= 4 is 156 Å². The van der Waals surface area contributed by atoms with E-state index in [2.05, 4.69) is 95.2 Å². The van der Waals surface area contributed by atoms with Crippen LogP contribution in [0.1, 0.15) is 132 Å². The maximum atomic E-state index is 13.2. The maximum Gasteiger partial charge on any atom is 0.395 e. The van der Waals surface area contributed by atoms with Gasteiger partial charge in [0.2, 0.25) is 0 Å². The number of nitrogens with one attached hydrogen (secondary N) is 4. The molecule has 12 aromatic heterocycles. The van der Waals surface area contributed by atoms with Gasteiger partial charge >= 0.3 is 12.4 Å². The minimum absolute atomic E-state index is 0.0421. The van der Waals surface area contributed by atoms with Gasteiger partial charge in [-0.2, -0.15) is 26.3 Å². The van der Waals surface area contributed by atoms with E-state index in [9.17, 15) is 45.5 Å². The van der Waals surface area contributed by atoms with E-state index >= 15 is 0 Å². The number of hydrogen-bond donors (Lipinski definition) is 12. The monoisotopic (exact) mass is 1910 g/mol. The Kier molecular flexibility index (Phi) is 24.8. The van der Waals surface area contributed by atoms with Crippen LogP contribution in [0.4, 0.5) is 72.4 Å². The van der Waals surface area contributed by atoms with Gasteiger partial charge in [-0.25, -0.2) is 49.8 Å². The number of nitrogen functional groups attached to an aromatic ring is 4. The number of pyridine rings is 6. The van der Waals surface area contributed by atoms with Crippen LogP contribution < -0.4 is 86.7 Å². The largest absolute Gasteiger partial charge is 0.397 e. The third-order valence-electron chi connectivity index (χ3n) is 27.6. The third-order valence-corrected chi connectivity index (χ3v) is 32.0. The van der Waals surface area contributed by atoms with E-state index in [-0.39, 0.29) is 96.9 Å². The van der Waals surface area contributed by atoms with E-state index in [1.807, 2.05) is 64.1 Å². The second kappa shape index (κ2) is 36.3. The lowest BCUT2D eigenvalue weighted by atomic mass is 9.82. The molecule has 0 saturated carbocycles. The van der Waals surface area contributed by atoms with E-state index in [4.69, 9.17) is 65.3 Å². The van der Waals surface area contributed by atoms with E-state index in [1.54, 1.807) is 34.3 Å². The molecule has 42 heteroatoms. The number of thiophene rings is 4.